The minimum absolute atomic E-state index is 0.377. The maximum atomic E-state index is 5.66. The first-order valence-corrected chi connectivity index (χ1v) is 4.73. The maximum Gasteiger partial charge on any atom is 0.104 e. The highest BCUT2D eigenvalue weighted by Crippen LogP contribution is 2.20. The first-order chi connectivity index (χ1) is 5.88. The number of epoxide rings is 2. The normalized spacial score (nSPS) is 34.8. The van der Waals surface area contributed by atoms with Gasteiger partial charge < -0.3 is 14.2 Å². The molecule has 12 heavy (non-hydrogen) atoms. The molecule has 2 aliphatic rings. The van der Waals surface area contributed by atoms with E-state index in [0.717, 1.165) is 32.7 Å². The van der Waals surface area contributed by atoms with Crippen LogP contribution in [-0.2, 0) is 14.2 Å². The van der Waals surface area contributed by atoms with Gasteiger partial charge in [0, 0.05) is 6.42 Å². The van der Waals surface area contributed by atoms with Gasteiger partial charge in [0.15, 0.2) is 0 Å². The minimum atomic E-state index is 0.377. The van der Waals surface area contributed by atoms with Crippen molar-refractivity contribution in [3.8, 4) is 0 Å². The molecule has 2 aliphatic heterocycles. The highest BCUT2D eigenvalue weighted by atomic mass is 16.6. The zero-order valence-corrected chi connectivity index (χ0v) is 7.49. The van der Waals surface area contributed by atoms with Crippen molar-refractivity contribution in [2.75, 3.05) is 19.8 Å². The Kier molecular flexibility index (Phi) is 2.63. The van der Waals surface area contributed by atoms with Crippen LogP contribution in [-0.4, -0.2) is 38.1 Å². The van der Waals surface area contributed by atoms with Crippen LogP contribution in [0.1, 0.15) is 19.8 Å². The molecule has 0 aliphatic carbocycles. The fraction of sp³-hybridized carbons (Fsp3) is 1.00. The lowest BCUT2D eigenvalue weighted by Gasteiger charge is -2.13. The van der Waals surface area contributed by atoms with Crippen LogP contribution in [0.3, 0.4) is 0 Å². The van der Waals surface area contributed by atoms with Crippen LogP contribution in [0.4, 0.5) is 0 Å². The molecule has 3 nitrogen and oxygen atoms in total. The average Bonchev–Trinajstić information content (AvgIpc) is 2.92. The standard InChI is InChI=1S/C9H16O3/c1-2-7(3-8-4-11-8)10-5-9-6-12-9/h7-9H,2-6H2,1H3. The smallest absolute Gasteiger partial charge is 0.104 e. The number of ether oxygens (including phenoxy) is 3. The Labute approximate surface area is 73.0 Å². The van der Waals surface area contributed by atoms with Gasteiger partial charge in [-0.1, -0.05) is 6.92 Å². The van der Waals surface area contributed by atoms with E-state index in [1.54, 1.807) is 0 Å². The van der Waals surface area contributed by atoms with Crippen molar-refractivity contribution >= 4 is 0 Å². The molecule has 3 unspecified atom stereocenters. The Morgan fingerprint density at radius 3 is 2.50 bits per heavy atom. The number of hydrogen-bond donors (Lipinski definition) is 0. The Morgan fingerprint density at radius 2 is 2.00 bits per heavy atom. The van der Waals surface area contributed by atoms with Crippen molar-refractivity contribution in [2.45, 2.75) is 38.1 Å². The second-order valence-electron chi connectivity index (χ2n) is 3.51. The zero-order valence-electron chi connectivity index (χ0n) is 7.49. The summed E-state index contributed by atoms with van der Waals surface area (Å²) in [6.07, 6.45) is 3.38. The van der Waals surface area contributed by atoms with Crippen LogP contribution in [0.5, 0.6) is 0 Å². The molecule has 0 aromatic rings. The maximum absolute atomic E-state index is 5.66. The summed E-state index contributed by atoms with van der Waals surface area (Å²) < 4.78 is 15.9. The summed E-state index contributed by atoms with van der Waals surface area (Å²) in [5.74, 6) is 0. The second-order valence-corrected chi connectivity index (χ2v) is 3.51. The number of rotatable bonds is 6. The van der Waals surface area contributed by atoms with E-state index >= 15 is 0 Å². The van der Waals surface area contributed by atoms with Crippen LogP contribution in [0.2, 0.25) is 0 Å². The summed E-state index contributed by atoms with van der Waals surface area (Å²) in [7, 11) is 0. The van der Waals surface area contributed by atoms with Crippen molar-refractivity contribution in [1.82, 2.24) is 0 Å². The van der Waals surface area contributed by atoms with E-state index in [-0.39, 0.29) is 0 Å². The van der Waals surface area contributed by atoms with E-state index in [2.05, 4.69) is 6.92 Å². The molecule has 0 N–H and O–H groups in total. The van der Waals surface area contributed by atoms with E-state index in [1.807, 2.05) is 0 Å². The van der Waals surface area contributed by atoms with Crippen LogP contribution in [0.15, 0.2) is 0 Å². The van der Waals surface area contributed by atoms with Crippen molar-refractivity contribution in [2.24, 2.45) is 0 Å². The predicted molar refractivity (Wildman–Crippen MR) is 44.1 cm³/mol. The largest absolute Gasteiger partial charge is 0.375 e. The van der Waals surface area contributed by atoms with Gasteiger partial charge in [-0.2, -0.15) is 0 Å². The summed E-state index contributed by atoms with van der Waals surface area (Å²) in [6.45, 7) is 4.74. The lowest BCUT2D eigenvalue weighted by molar-refractivity contribution is 0.0305. The monoisotopic (exact) mass is 172 g/mol. The summed E-state index contributed by atoms with van der Waals surface area (Å²) in [5.41, 5.74) is 0. The van der Waals surface area contributed by atoms with Crippen molar-refractivity contribution in [3.63, 3.8) is 0 Å². The molecule has 2 heterocycles. The van der Waals surface area contributed by atoms with E-state index in [4.69, 9.17) is 14.2 Å². The molecule has 0 bridgehead atoms. The predicted octanol–water partition coefficient (Wildman–Crippen LogP) is 0.969. The average molecular weight is 172 g/mol. The zero-order chi connectivity index (χ0) is 8.39. The molecular formula is C9H16O3. The lowest BCUT2D eigenvalue weighted by atomic mass is 10.1. The first-order valence-electron chi connectivity index (χ1n) is 4.73. The summed E-state index contributed by atoms with van der Waals surface area (Å²) in [6, 6.07) is 0. The molecule has 2 saturated heterocycles. The fourth-order valence-electron chi connectivity index (χ4n) is 1.26. The highest BCUT2D eigenvalue weighted by molar-refractivity contribution is 4.75. The van der Waals surface area contributed by atoms with Gasteiger partial charge in [-0.05, 0) is 6.42 Å². The first kappa shape index (κ1) is 8.48. The quantitative estimate of drug-likeness (QED) is 0.560. The third-order valence-corrected chi connectivity index (χ3v) is 2.30. The SMILES string of the molecule is CCC(CC1CO1)OCC1CO1. The van der Waals surface area contributed by atoms with Crippen molar-refractivity contribution in [1.29, 1.82) is 0 Å². The second kappa shape index (κ2) is 3.73. The number of hydrogen-bond acceptors (Lipinski definition) is 3. The summed E-state index contributed by atoms with van der Waals surface area (Å²) >= 11 is 0. The van der Waals surface area contributed by atoms with E-state index in [1.165, 1.54) is 0 Å². The van der Waals surface area contributed by atoms with Gasteiger partial charge >= 0.3 is 0 Å². The van der Waals surface area contributed by atoms with Crippen LogP contribution >= 0.6 is 0 Å². The van der Waals surface area contributed by atoms with Gasteiger partial charge in [-0.3, -0.25) is 0 Å². The molecule has 70 valence electrons. The fourth-order valence-corrected chi connectivity index (χ4v) is 1.26. The molecular weight excluding hydrogens is 156 g/mol. The van der Waals surface area contributed by atoms with Gasteiger partial charge in [-0.15, -0.1) is 0 Å². The Bertz CT molecular complexity index is 141. The summed E-state index contributed by atoms with van der Waals surface area (Å²) in [4.78, 5) is 0. The summed E-state index contributed by atoms with van der Waals surface area (Å²) in [5, 5.41) is 0. The molecule has 0 amide bonds. The minimum Gasteiger partial charge on any atom is -0.375 e. The highest BCUT2D eigenvalue weighted by Gasteiger charge is 2.28. The molecule has 0 aromatic carbocycles. The topological polar surface area (TPSA) is 34.3 Å². The van der Waals surface area contributed by atoms with Crippen LogP contribution in [0, 0.1) is 0 Å². The molecule has 0 spiro atoms. The van der Waals surface area contributed by atoms with E-state index in [9.17, 15) is 0 Å². The lowest BCUT2D eigenvalue weighted by Crippen LogP contribution is -2.17. The van der Waals surface area contributed by atoms with Crippen LogP contribution < -0.4 is 0 Å². The molecule has 0 aromatic heterocycles. The van der Waals surface area contributed by atoms with Gasteiger partial charge in [-0.25, -0.2) is 0 Å². The molecule has 2 rings (SSSR count). The molecule has 3 atom stereocenters. The van der Waals surface area contributed by atoms with Crippen molar-refractivity contribution in [3.05, 3.63) is 0 Å². The van der Waals surface area contributed by atoms with E-state index < -0.39 is 0 Å². The van der Waals surface area contributed by atoms with Gasteiger partial charge in [0.05, 0.1) is 32.0 Å². The van der Waals surface area contributed by atoms with Gasteiger partial charge in [0.25, 0.3) is 0 Å². The third kappa shape index (κ3) is 2.73. The third-order valence-electron chi connectivity index (χ3n) is 2.30. The Balaban J connectivity index is 1.58. The molecule has 2 fully saturated rings. The van der Waals surface area contributed by atoms with Crippen LogP contribution in [0.25, 0.3) is 0 Å². The molecule has 3 heteroatoms. The Morgan fingerprint density at radius 1 is 1.33 bits per heavy atom. The molecule has 0 saturated carbocycles. The van der Waals surface area contributed by atoms with Gasteiger partial charge in [0.1, 0.15) is 6.10 Å². The van der Waals surface area contributed by atoms with Gasteiger partial charge in [0.2, 0.25) is 0 Å². The van der Waals surface area contributed by atoms with E-state index in [0.29, 0.717) is 18.3 Å². The Hall–Kier alpha value is -0.120. The van der Waals surface area contributed by atoms with Crippen molar-refractivity contribution < 1.29 is 14.2 Å². The molecule has 0 radical (unpaired) electrons.